The highest BCUT2D eigenvalue weighted by Gasteiger charge is 2.38. The van der Waals surface area contributed by atoms with E-state index in [9.17, 15) is 13.2 Å². The fourth-order valence-electron chi connectivity index (χ4n) is 4.02. The molecule has 160 valence electrons. The van der Waals surface area contributed by atoms with Crippen LogP contribution < -0.4 is 4.31 Å². The van der Waals surface area contributed by atoms with Crippen LogP contribution in [0.15, 0.2) is 47.4 Å². The zero-order valence-corrected chi connectivity index (χ0v) is 19.1. The number of anilines is 1. The van der Waals surface area contributed by atoms with Gasteiger partial charge in [-0.3, -0.25) is 9.10 Å². The standard InChI is InChI=1S/C23H27ClN2O3S/c1-15(2)16(3)26(19-9-10-19)23(27)18-8-11-20(24)22(14-18)30(28,29)25-13-12-17-6-4-5-7-21(17)25/h4-8,11,14-16,19H,9-10,12-13H2,1-3H3. The van der Waals surface area contributed by atoms with Gasteiger partial charge in [0.2, 0.25) is 0 Å². The van der Waals surface area contributed by atoms with Crippen LogP contribution in [-0.2, 0) is 16.4 Å². The van der Waals surface area contributed by atoms with Crippen LogP contribution in [0.4, 0.5) is 5.69 Å². The zero-order valence-electron chi connectivity index (χ0n) is 17.5. The van der Waals surface area contributed by atoms with E-state index in [1.54, 1.807) is 6.07 Å². The molecule has 1 aliphatic heterocycles. The van der Waals surface area contributed by atoms with Crippen LogP contribution >= 0.6 is 11.6 Å². The highest BCUT2D eigenvalue weighted by molar-refractivity contribution is 7.93. The summed E-state index contributed by atoms with van der Waals surface area (Å²) in [4.78, 5) is 15.3. The van der Waals surface area contributed by atoms with E-state index in [2.05, 4.69) is 20.8 Å². The monoisotopic (exact) mass is 446 g/mol. The highest BCUT2D eigenvalue weighted by Crippen LogP contribution is 2.36. The number of fused-ring (bicyclic) bond motifs is 1. The van der Waals surface area contributed by atoms with Crippen LogP contribution in [0, 0.1) is 5.92 Å². The lowest BCUT2D eigenvalue weighted by atomic mass is 10.0. The molecule has 1 heterocycles. The third-order valence-electron chi connectivity index (χ3n) is 6.17. The summed E-state index contributed by atoms with van der Waals surface area (Å²) in [6.45, 7) is 6.61. The van der Waals surface area contributed by atoms with E-state index in [1.807, 2.05) is 29.2 Å². The van der Waals surface area contributed by atoms with Crippen molar-refractivity contribution >= 4 is 33.2 Å². The smallest absolute Gasteiger partial charge is 0.265 e. The molecule has 5 nitrogen and oxygen atoms in total. The van der Waals surface area contributed by atoms with Crippen molar-refractivity contribution in [2.24, 2.45) is 5.92 Å². The summed E-state index contributed by atoms with van der Waals surface area (Å²) in [7, 11) is -3.88. The molecular weight excluding hydrogens is 420 g/mol. The minimum absolute atomic E-state index is 0.0142. The first-order valence-corrected chi connectivity index (χ1v) is 12.3. The fraction of sp³-hybridized carbons (Fsp3) is 0.435. The maximum absolute atomic E-state index is 13.5. The molecule has 1 atom stereocenters. The van der Waals surface area contributed by atoms with Crippen molar-refractivity contribution in [2.75, 3.05) is 10.8 Å². The molecule has 0 saturated heterocycles. The summed E-state index contributed by atoms with van der Waals surface area (Å²) in [5, 5.41) is 0.130. The minimum Gasteiger partial charge on any atom is -0.333 e. The lowest BCUT2D eigenvalue weighted by molar-refractivity contribution is 0.0627. The third kappa shape index (κ3) is 3.71. The topological polar surface area (TPSA) is 57.7 Å². The van der Waals surface area contributed by atoms with Gasteiger partial charge in [-0.1, -0.05) is 43.6 Å². The molecule has 7 heteroatoms. The molecule has 0 radical (unpaired) electrons. The number of rotatable bonds is 6. The van der Waals surface area contributed by atoms with Gasteiger partial charge in [0.15, 0.2) is 0 Å². The van der Waals surface area contributed by atoms with Crippen LogP contribution in [0.1, 0.15) is 49.5 Å². The summed E-state index contributed by atoms with van der Waals surface area (Å²) in [6.07, 6.45) is 2.64. The van der Waals surface area contributed by atoms with E-state index in [4.69, 9.17) is 11.6 Å². The molecule has 30 heavy (non-hydrogen) atoms. The number of amides is 1. The largest absolute Gasteiger partial charge is 0.333 e. The number of sulfonamides is 1. The Morgan fingerprint density at radius 2 is 1.83 bits per heavy atom. The second-order valence-corrected chi connectivity index (χ2v) is 10.8. The maximum atomic E-state index is 13.5. The van der Waals surface area contributed by atoms with E-state index in [0.717, 1.165) is 18.4 Å². The quantitative estimate of drug-likeness (QED) is 0.643. The van der Waals surface area contributed by atoms with E-state index in [1.165, 1.54) is 16.4 Å². The summed E-state index contributed by atoms with van der Waals surface area (Å²) in [5.41, 5.74) is 2.04. The summed E-state index contributed by atoms with van der Waals surface area (Å²) < 4.78 is 28.3. The van der Waals surface area contributed by atoms with Gasteiger partial charge in [-0.05, 0) is 61.9 Å². The lowest BCUT2D eigenvalue weighted by Gasteiger charge is -2.32. The molecule has 0 spiro atoms. The molecule has 4 rings (SSSR count). The number of hydrogen-bond acceptors (Lipinski definition) is 3. The molecule has 2 aromatic carbocycles. The van der Waals surface area contributed by atoms with Gasteiger partial charge < -0.3 is 4.90 Å². The molecule has 1 amide bonds. The molecule has 0 aromatic heterocycles. The fourth-order valence-corrected chi connectivity index (χ4v) is 6.02. The van der Waals surface area contributed by atoms with Gasteiger partial charge in [-0.15, -0.1) is 0 Å². The molecule has 1 aliphatic carbocycles. The van der Waals surface area contributed by atoms with Crippen molar-refractivity contribution in [3.63, 3.8) is 0 Å². The average molecular weight is 447 g/mol. The Kier molecular flexibility index (Phi) is 5.58. The molecule has 1 fully saturated rings. The summed E-state index contributed by atoms with van der Waals surface area (Å²) >= 11 is 6.33. The number of halogens is 1. The molecule has 2 aromatic rings. The van der Waals surface area contributed by atoms with Gasteiger partial charge in [0, 0.05) is 24.2 Å². The Labute approximate surface area is 183 Å². The number of para-hydroxylation sites is 1. The number of carbonyl (C=O) groups excluding carboxylic acids is 1. The van der Waals surface area contributed by atoms with Crippen LogP contribution in [0.25, 0.3) is 0 Å². The predicted molar refractivity (Wildman–Crippen MR) is 120 cm³/mol. The second kappa shape index (κ2) is 7.89. The van der Waals surface area contributed by atoms with E-state index < -0.39 is 10.0 Å². The van der Waals surface area contributed by atoms with Gasteiger partial charge >= 0.3 is 0 Å². The van der Waals surface area contributed by atoms with Gasteiger partial charge in [-0.2, -0.15) is 0 Å². The minimum atomic E-state index is -3.88. The number of nitrogens with zero attached hydrogens (tertiary/aromatic N) is 2. The molecule has 1 saturated carbocycles. The van der Waals surface area contributed by atoms with Crippen LogP contribution in [0.3, 0.4) is 0 Å². The first-order valence-electron chi connectivity index (χ1n) is 10.4. The Balaban J connectivity index is 1.71. The Morgan fingerprint density at radius 3 is 2.50 bits per heavy atom. The third-order valence-corrected chi connectivity index (χ3v) is 8.46. The number of carbonyl (C=O) groups is 1. The molecule has 0 bridgehead atoms. The maximum Gasteiger partial charge on any atom is 0.265 e. The lowest BCUT2D eigenvalue weighted by Crippen LogP contribution is -2.43. The van der Waals surface area contributed by atoms with E-state index >= 15 is 0 Å². The summed E-state index contributed by atoms with van der Waals surface area (Å²) in [5.74, 6) is 0.180. The van der Waals surface area contributed by atoms with Crippen molar-refractivity contribution < 1.29 is 13.2 Å². The van der Waals surface area contributed by atoms with Crippen molar-refractivity contribution in [1.29, 1.82) is 0 Å². The Morgan fingerprint density at radius 1 is 1.13 bits per heavy atom. The van der Waals surface area contributed by atoms with Gasteiger partial charge in [0.1, 0.15) is 4.90 Å². The number of hydrogen-bond donors (Lipinski definition) is 0. The first-order chi connectivity index (χ1) is 14.2. The SMILES string of the molecule is CC(C)C(C)N(C(=O)c1ccc(Cl)c(S(=O)(=O)N2CCc3ccccc32)c1)C1CC1. The van der Waals surface area contributed by atoms with Gasteiger partial charge in [0.05, 0.1) is 10.7 Å². The zero-order chi connectivity index (χ0) is 21.6. The second-order valence-electron chi connectivity index (χ2n) is 8.53. The highest BCUT2D eigenvalue weighted by atomic mass is 35.5. The average Bonchev–Trinajstić information content (AvgIpc) is 3.44. The normalized spacial score (nSPS) is 17.2. The van der Waals surface area contributed by atoms with Crippen LogP contribution in [0.2, 0.25) is 5.02 Å². The van der Waals surface area contributed by atoms with Crippen molar-refractivity contribution in [3.8, 4) is 0 Å². The van der Waals surface area contributed by atoms with Gasteiger partial charge in [-0.25, -0.2) is 8.42 Å². The van der Waals surface area contributed by atoms with Crippen molar-refractivity contribution in [2.45, 2.75) is 57.0 Å². The Hall–Kier alpha value is -2.05. The first kappa shape index (κ1) is 21.2. The number of benzene rings is 2. The molecule has 0 N–H and O–H groups in total. The van der Waals surface area contributed by atoms with Gasteiger partial charge in [0.25, 0.3) is 15.9 Å². The van der Waals surface area contributed by atoms with Crippen LogP contribution in [-0.4, -0.2) is 37.9 Å². The molecule has 2 aliphatic rings. The van der Waals surface area contributed by atoms with Crippen molar-refractivity contribution in [3.05, 3.63) is 58.6 Å². The van der Waals surface area contributed by atoms with E-state index in [0.29, 0.717) is 30.1 Å². The Bertz CT molecular complexity index is 1080. The van der Waals surface area contributed by atoms with Crippen molar-refractivity contribution in [1.82, 2.24) is 4.90 Å². The molecule has 1 unspecified atom stereocenters. The van der Waals surface area contributed by atoms with E-state index in [-0.39, 0.29) is 27.9 Å². The predicted octanol–water partition coefficient (Wildman–Crippen LogP) is 4.74. The van der Waals surface area contributed by atoms with Crippen LogP contribution in [0.5, 0.6) is 0 Å². The molecular formula is C23H27ClN2O3S. The summed E-state index contributed by atoms with van der Waals surface area (Å²) in [6, 6.07) is 12.4.